The van der Waals surface area contributed by atoms with Crippen LogP contribution >= 0.6 is 15.9 Å². The SMILES string of the molecule is Cc1ccnc(N(C)CCNCC(C)C)c1Br. The molecule has 1 rings (SSSR count). The van der Waals surface area contributed by atoms with Gasteiger partial charge >= 0.3 is 0 Å². The van der Waals surface area contributed by atoms with Gasteiger partial charge in [0.1, 0.15) is 5.82 Å². The lowest BCUT2D eigenvalue weighted by atomic mass is 10.2. The molecule has 0 saturated carbocycles. The molecular formula is C13H22BrN3. The lowest BCUT2D eigenvalue weighted by Crippen LogP contribution is -2.31. The highest BCUT2D eigenvalue weighted by Crippen LogP contribution is 2.25. The Bertz CT molecular complexity index is 353. The number of hydrogen-bond donors (Lipinski definition) is 1. The molecular weight excluding hydrogens is 278 g/mol. The molecule has 4 heteroatoms. The molecule has 0 aliphatic rings. The van der Waals surface area contributed by atoms with E-state index in [1.807, 2.05) is 12.3 Å². The molecule has 3 nitrogen and oxygen atoms in total. The number of rotatable bonds is 6. The highest BCUT2D eigenvalue weighted by molar-refractivity contribution is 9.10. The second-order valence-corrected chi connectivity index (χ2v) is 5.58. The van der Waals surface area contributed by atoms with E-state index in [1.165, 1.54) is 5.56 Å². The number of anilines is 1. The van der Waals surface area contributed by atoms with Crippen LogP contribution in [-0.2, 0) is 0 Å². The third-order valence-corrected chi connectivity index (χ3v) is 3.58. The second-order valence-electron chi connectivity index (χ2n) is 4.78. The molecule has 0 saturated heterocycles. The van der Waals surface area contributed by atoms with Gasteiger partial charge in [0.25, 0.3) is 0 Å². The molecule has 0 atom stereocenters. The lowest BCUT2D eigenvalue weighted by molar-refractivity contribution is 0.554. The summed E-state index contributed by atoms with van der Waals surface area (Å²) in [6.07, 6.45) is 1.85. The number of hydrogen-bond acceptors (Lipinski definition) is 3. The number of halogens is 1. The topological polar surface area (TPSA) is 28.2 Å². The molecule has 0 spiro atoms. The van der Waals surface area contributed by atoms with Gasteiger partial charge in [-0.1, -0.05) is 13.8 Å². The first-order valence-electron chi connectivity index (χ1n) is 6.05. The van der Waals surface area contributed by atoms with Crippen LogP contribution in [0, 0.1) is 12.8 Å². The maximum absolute atomic E-state index is 4.40. The normalized spacial score (nSPS) is 10.9. The van der Waals surface area contributed by atoms with E-state index in [4.69, 9.17) is 0 Å². The van der Waals surface area contributed by atoms with Gasteiger partial charge in [0.15, 0.2) is 0 Å². The minimum atomic E-state index is 0.698. The van der Waals surface area contributed by atoms with Gasteiger partial charge in [0, 0.05) is 26.3 Å². The molecule has 96 valence electrons. The van der Waals surface area contributed by atoms with Crippen molar-refractivity contribution in [2.45, 2.75) is 20.8 Å². The van der Waals surface area contributed by atoms with Gasteiger partial charge < -0.3 is 10.2 Å². The Kier molecular flexibility index (Phi) is 5.92. The van der Waals surface area contributed by atoms with E-state index in [1.54, 1.807) is 0 Å². The zero-order valence-electron chi connectivity index (χ0n) is 11.1. The molecule has 0 amide bonds. The highest BCUT2D eigenvalue weighted by Gasteiger charge is 2.08. The van der Waals surface area contributed by atoms with Crippen molar-refractivity contribution in [2.75, 3.05) is 31.6 Å². The zero-order chi connectivity index (χ0) is 12.8. The van der Waals surface area contributed by atoms with Crippen molar-refractivity contribution < 1.29 is 0 Å². The Hall–Kier alpha value is -0.610. The van der Waals surface area contributed by atoms with Gasteiger partial charge in [-0.2, -0.15) is 0 Å². The summed E-state index contributed by atoms with van der Waals surface area (Å²) in [6, 6.07) is 2.01. The zero-order valence-corrected chi connectivity index (χ0v) is 12.7. The second kappa shape index (κ2) is 6.97. The molecule has 0 aliphatic carbocycles. The molecule has 1 heterocycles. The van der Waals surface area contributed by atoms with Gasteiger partial charge in [0.2, 0.25) is 0 Å². The fourth-order valence-corrected chi connectivity index (χ4v) is 2.07. The van der Waals surface area contributed by atoms with Gasteiger partial charge in [0.05, 0.1) is 4.47 Å². The number of pyridine rings is 1. The van der Waals surface area contributed by atoms with Crippen molar-refractivity contribution in [3.63, 3.8) is 0 Å². The fraction of sp³-hybridized carbons (Fsp3) is 0.615. The van der Waals surface area contributed by atoms with E-state index in [-0.39, 0.29) is 0 Å². The van der Waals surface area contributed by atoms with Crippen molar-refractivity contribution >= 4 is 21.7 Å². The molecule has 0 bridgehead atoms. The average molecular weight is 300 g/mol. The average Bonchev–Trinajstić information content (AvgIpc) is 2.27. The molecule has 1 aromatic rings. The fourth-order valence-electron chi connectivity index (χ4n) is 1.54. The van der Waals surface area contributed by atoms with E-state index in [9.17, 15) is 0 Å². The van der Waals surface area contributed by atoms with E-state index in [0.29, 0.717) is 5.92 Å². The van der Waals surface area contributed by atoms with Crippen LogP contribution in [0.2, 0.25) is 0 Å². The predicted octanol–water partition coefficient (Wildman–Crippen LogP) is 2.83. The monoisotopic (exact) mass is 299 g/mol. The van der Waals surface area contributed by atoms with Gasteiger partial charge in [-0.25, -0.2) is 4.98 Å². The molecule has 1 aromatic heterocycles. The van der Waals surface area contributed by atoms with Crippen LogP contribution < -0.4 is 10.2 Å². The van der Waals surface area contributed by atoms with Crippen molar-refractivity contribution in [1.29, 1.82) is 0 Å². The Morgan fingerprint density at radius 2 is 2.18 bits per heavy atom. The summed E-state index contributed by atoms with van der Waals surface area (Å²) in [4.78, 5) is 6.58. The van der Waals surface area contributed by atoms with Crippen LogP contribution in [0.4, 0.5) is 5.82 Å². The number of nitrogens with zero attached hydrogens (tertiary/aromatic N) is 2. The van der Waals surface area contributed by atoms with Crippen molar-refractivity contribution in [3.8, 4) is 0 Å². The van der Waals surface area contributed by atoms with Crippen LogP contribution in [0.25, 0.3) is 0 Å². The molecule has 0 radical (unpaired) electrons. The summed E-state index contributed by atoms with van der Waals surface area (Å²) >= 11 is 3.59. The molecule has 0 fully saturated rings. The highest BCUT2D eigenvalue weighted by atomic mass is 79.9. The van der Waals surface area contributed by atoms with Gasteiger partial charge in [-0.15, -0.1) is 0 Å². The van der Waals surface area contributed by atoms with Crippen LogP contribution in [0.3, 0.4) is 0 Å². The van der Waals surface area contributed by atoms with Crippen LogP contribution in [0.5, 0.6) is 0 Å². The third-order valence-electron chi connectivity index (χ3n) is 2.60. The quantitative estimate of drug-likeness (QED) is 0.819. The molecule has 17 heavy (non-hydrogen) atoms. The Labute approximate surface area is 113 Å². The molecule has 0 aliphatic heterocycles. The predicted molar refractivity (Wildman–Crippen MR) is 77.7 cm³/mol. The van der Waals surface area contributed by atoms with E-state index in [2.05, 4.69) is 58.9 Å². The van der Waals surface area contributed by atoms with Crippen molar-refractivity contribution in [3.05, 3.63) is 22.3 Å². The Morgan fingerprint density at radius 3 is 2.82 bits per heavy atom. The Morgan fingerprint density at radius 1 is 1.47 bits per heavy atom. The molecule has 1 N–H and O–H groups in total. The first-order valence-corrected chi connectivity index (χ1v) is 6.84. The minimum Gasteiger partial charge on any atom is -0.357 e. The summed E-state index contributed by atoms with van der Waals surface area (Å²) in [5.41, 5.74) is 1.22. The van der Waals surface area contributed by atoms with Crippen molar-refractivity contribution in [1.82, 2.24) is 10.3 Å². The van der Waals surface area contributed by atoms with Crippen LogP contribution in [-0.4, -0.2) is 31.7 Å². The first-order chi connectivity index (χ1) is 8.02. The van der Waals surface area contributed by atoms with Crippen LogP contribution in [0.15, 0.2) is 16.7 Å². The maximum Gasteiger partial charge on any atom is 0.142 e. The third kappa shape index (κ3) is 4.64. The Balaban J connectivity index is 2.47. The lowest BCUT2D eigenvalue weighted by Gasteiger charge is -2.20. The molecule has 0 aromatic carbocycles. The number of aromatic nitrogens is 1. The summed E-state index contributed by atoms with van der Waals surface area (Å²) in [5, 5.41) is 3.43. The standard InChI is InChI=1S/C13H22BrN3/c1-10(2)9-15-7-8-17(4)13-12(14)11(3)5-6-16-13/h5-6,10,15H,7-9H2,1-4H3. The number of aryl methyl sites for hydroxylation is 1. The van der Waals surface area contributed by atoms with Gasteiger partial charge in [-0.05, 0) is 46.9 Å². The maximum atomic E-state index is 4.40. The minimum absolute atomic E-state index is 0.698. The van der Waals surface area contributed by atoms with E-state index < -0.39 is 0 Å². The summed E-state index contributed by atoms with van der Waals surface area (Å²) in [6.45, 7) is 9.53. The molecule has 0 unspecified atom stereocenters. The summed E-state index contributed by atoms with van der Waals surface area (Å²) in [7, 11) is 2.07. The van der Waals surface area contributed by atoms with Crippen LogP contribution in [0.1, 0.15) is 19.4 Å². The number of likely N-dealkylation sites (N-methyl/N-ethyl adjacent to an activating group) is 1. The number of nitrogens with one attached hydrogen (secondary N) is 1. The van der Waals surface area contributed by atoms with E-state index >= 15 is 0 Å². The summed E-state index contributed by atoms with van der Waals surface area (Å²) < 4.78 is 1.09. The van der Waals surface area contributed by atoms with Gasteiger partial charge in [-0.3, -0.25) is 0 Å². The van der Waals surface area contributed by atoms with Crippen molar-refractivity contribution in [2.24, 2.45) is 5.92 Å². The largest absolute Gasteiger partial charge is 0.357 e. The first kappa shape index (κ1) is 14.5. The summed E-state index contributed by atoms with van der Waals surface area (Å²) in [5.74, 6) is 1.71. The smallest absolute Gasteiger partial charge is 0.142 e. The van der Waals surface area contributed by atoms with E-state index in [0.717, 1.165) is 29.9 Å².